The largest absolute Gasteiger partial charge is 0.496 e. The summed E-state index contributed by atoms with van der Waals surface area (Å²) >= 11 is 0. The molecule has 0 aliphatic carbocycles. The van der Waals surface area contributed by atoms with Crippen LogP contribution >= 0.6 is 0 Å². The second kappa shape index (κ2) is 12.6. The molecule has 0 unspecified atom stereocenters. The number of carbonyl (C=O) groups is 2. The van der Waals surface area contributed by atoms with Gasteiger partial charge in [-0.2, -0.15) is 13.2 Å². The highest BCUT2D eigenvalue weighted by Gasteiger charge is 2.29. The number of aliphatic hydroxyl groups is 1. The second-order valence-corrected chi connectivity index (χ2v) is 11.0. The Morgan fingerprint density at radius 2 is 1.87 bits per heavy atom. The predicted molar refractivity (Wildman–Crippen MR) is 168 cm³/mol. The first kappa shape index (κ1) is 33.5. The number of ether oxygens (including phenoxy) is 1. The lowest BCUT2D eigenvalue weighted by atomic mass is 9.96. The van der Waals surface area contributed by atoms with Gasteiger partial charge in [-0.1, -0.05) is 24.5 Å². The first-order chi connectivity index (χ1) is 21.4. The molecule has 2 heterocycles. The topological polar surface area (TPSA) is 132 Å². The summed E-state index contributed by atoms with van der Waals surface area (Å²) in [5.41, 5.74) is 7.22. The number of nitrogen functional groups attached to an aromatic ring is 1. The lowest BCUT2D eigenvalue weighted by molar-refractivity contribution is -0.123. The average molecular weight is 638 g/mol. The van der Waals surface area contributed by atoms with E-state index >= 15 is 4.39 Å². The Bertz CT molecular complexity index is 1950. The molecule has 5 N–H and O–H groups in total. The molecule has 2 aromatic carbocycles. The first-order valence-electron chi connectivity index (χ1n) is 13.7. The molecule has 0 radical (unpaired) electrons. The Morgan fingerprint density at radius 1 is 1.17 bits per heavy atom. The summed E-state index contributed by atoms with van der Waals surface area (Å²) < 4.78 is 61.2. The van der Waals surface area contributed by atoms with Crippen LogP contribution in [0.3, 0.4) is 0 Å². The van der Waals surface area contributed by atoms with Gasteiger partial charge in [0.2, 0.25) is 0 Å². The molecule has 0 saturated carbocycles. The van der Waals surface area contributed by atoms with Crippen LogP contribution in [-0.2, 0) is 11.8 Å². The lowest BCUT2D eigenvalue weighted by Gasteiger charge is -2.14. The van der Waals surface area contributed by atoms with Gasteiger partial charge >= 0.3 is 6.18 Å². The van der Waals surface area contributed by atoms with Crippen LogP contribution in [-0.4, -0.2) is 51.9 Å². The molecule has 4 aromatic rings. The van der Waals surface area contributed by atoms with E-state index in [1.165, 1.54) is 64.4 Å². The van der Waals surface area contributed by atoms with E-state index in [0.29, 0.717) is 33.3 Å². The maximum absolute atomic E-state index is 15.9. The quantitative estimate of drug-likeness (QED) is 0.119. The number of methoxy groups -OCH3 is 1. The smallest absolute Gasteiger partial charge is 0.405 e. The minimum Gasteiger partial charge on any atom is -0.496 e. The third kappa shape index (κ3) is 7.13. The number of halogens is 4. The summed E-state index contributed by atoms with van der Waals surface area (Å²) in [6.07, 6.45) is -3.20. The zero-order valence-corrected chi connectivity index (χ0v) is 25.6. The molecule has 2 amide bonds. The van der Waals surface area contributed by atoms with Crippen molar-refractivity contribution in [2.45, 2.75) is 32.5 Å². The summed E-state index contributed by atoms with van der Waals surface area (Å²) in [5.74, 6) is 3.44. The van der Waals surface area contributed by atoms with Crippen LogP contribution in [0.15, 0.2) is 54.7 Å². The highest BCUT2D eigenvalue weighted by atomic mass is 19.4. The van der Waals surface area contributed by atoms with Gasteiger partial charge in [-0.05, 0) is 56.7 Å². The van der Waals surface area contributed by atoms with Gasteiger partial charge in [-0.25, -0.2) is 9.37 Å². The molecule has 0 bridgehead atoms. The van der Waals surface area contributed by atoms with Crippen LogP contribution in [0.4, 0.5) is 29.1 Å². The van der Waals surface area contributed by atoms with Crippen molar-refractivity contribution >= 4 is 34.2 Å². The Balaban J connectivity index is 2.02. The maximum atomic E-state index is 15.9. The van der Waals surface area contributed by atoms with E-state index < -0.39 is 36.0 Å². The molecule has 2 aromatic heterocycles. The van der Waals surface area contributed by atoms with Crippen molar-refractivity contribution in [3.63, 3.8) is 0 Å². The average Bonchev–Trinajstić information content (AvgIpc) is 3.28. The number of hydrogen-bond acceptors (Lipinski definition) is 6. The minimum atomic E-state index is -4.62. The number of fused-ring (bicyclic) bond motifs is 1. The molecule has 0 fully saturated rings. The number of amides is 2. The van der Waals surface area contributed by atoms with E-state index in [9.17, 15) is 27.9 Å². The predicted octanol–water partition coefficient (Wildman–Crippen LogP) is 5.57. The number of pyridine rings is 1. The molecule has 46 heavy (non-hydrogen) atoms. The van der Waals surface area contributed by atoms with Gasteiger partial charge < -0.3 is 30.8 Å². The third-order valence-electron chi connectivity index (χ3n) is 6.80. The summed E-state index contributed by atoms with van der Waals surface area (Å²) in [6, 6.07) is 8.29. The van der Waals surface area contributed by atoms with Crippen molar-refractivity contribution in [1.29, 1.82) is 0 Å². The second-order valence-electron chi connectivity index (χ2n) is 11.0. The number of benzene rings is 2. The molecule has 0 spiro atoms. The number of aromatic nitrogens is 2. The molecule has 0 aliphatic rings. The van der Waals surface area contributed by atoms with Gasteiger partial charge in [0, 0.05) is 35.6 Å². The van der Waals surface area contributed by atoms with Crippen LogP contribution in [0.5, 0.6) is 5.75 Å². The molecule has 4 rings (SSSR count). The highest BCUT2D eigenvalue weighted by Crippen LogP contribution is 2.45. The Kier molecular flexibility index (Phi) is 9.16. The lowest BCUT2D eigenvalue weighted by Crippen LogP contribution is -2.33. The van der Waals surface area contributed by atoms with Crippen LogP contribution in [0.2, 0.25) is 0 Å². The molecule has 13 heteroatoms. The summed E-state index contributed by atoms with van der Waals surface area (Å²) in [4.78, 5) is 29.1. The van der Waals surface area contributed by atoms with Gasteiger partial charge in [-0.3, -0.25) is 9.59 Å². The Hall–Kier alpha value is -5.35. The number of carbonyl (C=O) groups excluding carboxylic acids is 2. The van der Waals surface area contributed by atoms with Gasteiger partial charge in [0.1, 0.15) is 29.5 Å². The fourth-order valence-electron chi connectivity index (χ4n) is 4.75. The van der Waals surface area contributed by atoms with E-state index in [4.69, 9.17) is 10.5 Å². The van der Waals surface area contributed by atoms with Crippen LogP contribution in [0.1, 0.15) is 36.7 Å². The molecular weight excluding hydrogens is 606 g/mol. The normalized spacial score (nSPS) is 11.5. The van der Waals surface area contributed by atoms with Crippen molar-refractivity contribution < 1.29 is 37.0 Å². The number of alkyl halides is 3. The minimum absolute atomic E-state index is 0.0528. The number of hydrogen-bond donors (Lipinski definition) is 4. The van der Waals surface area contributed by atoms with Gasteiger partial charge in [0.05, 0.1) is 34.8 Å². The zero-order chi connectivity index (χ0) is 34.1. The molecule has 0 aliphatic heterocycles. The van der Waals surface area contributed by atoms with E-state index in [-0.39, 0.29) is 34.0 Å². The van der Waals surface area contributed by atoms with Crippen molar-refractivity contribution in [1.82, 2.24) is 14.9 Å². The standard InChI is InChI=1S/C33H31F4N5O4/c1-17(2)30(43)41-20-8-10-21(23(34)14-20)28-25(18-7-9-22(24(13-18)46-6)31(44)40-16-33(35,36)37)26-27(42(28)5)19(15-39-29(26)38)11-12-32(3,4)45/h7-10,13-15,45H,1,16H2,2-6H3,(H2,38,39)(H,40,44)(H,41,43). The van der Waals surface area contributed by atoms with Gasteiger partial charge in [0.25, 0.3) is 11.8 Å². The summed E-state index contributed by atoms with van der Waals surface area (Å²) in [6.45, 7) is 6.57. The summed E-state index contributed by atoms with van der Waals surface area (Å²) in [7, 11) is 2.91. The van der Waals surface area contributed by atoms with Crippen molar-refractivity contribution in [2.75, 3.05) is 24.7 Å². The molecular formula is C33H31F4N5O4. The fourth-order valence-corrected chi connectivity index (χ4v) is 4.75. The van der Waals surface area contributed by atoms with Crippen molar-refractivity contribution in [2.24, 2.45) is 7.05 Å². The number of rotatable bonds is 7. The van der Waals surface area contributed by atoms with Gasteiger partial charge in [-0.15, -0.1) is 0 Å². The number of aryl methyl sites for hydroxylation is 1. The van der Waals surface area contributed by atoms with Crippen molar-refractivity contribution in [3.05, 3.63) is 71.7 Å². The highest BCUT2D eigenvalue weighted by molar-refractivity contribution is 6.11. The van der Waals surface area contributed by atoms with E-state index in [2.05, 4.69) is 28.7 Å². The van der Waals surface area contributed by atoms with E-state index in [1.54, 1.807) is 11.6 Å². The number of nitrogens with zero attached hydrogens (tertiary/aromatic N) is 2. The molecule has 0 atom stereocenters. The van der Waals surface area contributed by atoms with Crippen LogP contribution < -0.4 is 21.1 Å². The van der Waals surface area contributed by atoms with E-state index in [0.717, 1.165) is 6.07 Å². The number of nitrogens with two attached hydrogens (primary N) is 1. The monoisotopic (exact) mass is 637 g/mol. The fraction of sp³-hybridized carbons (Fsp3) is 0.242. The van der Waals surface area contributed by atoms with Crippen LogP contribution in [0.25, 0.3) is 33.3 Å². The van der Waals surface area contributed by atoms with E-state index in [1.807, 2.05) is 5.32 Å². The van der Waals surface area contributed by atoms with Gasteiger partial charge in [0.15, 0.2) is 0 Å². The number of nitrogens with one attached hydrogen (secondary N) is 2. The molecule has 9 nitrogen and oxygen atoms in total. The molecule has 0 saturated heterocycles. The Morgan fingerprint density at radius 3 is 2.46 bits per heavy atom. The maximum Gasteiger partial charge on any atom is 0.405 e. The Labute approximate surface area is 262 Å². The third-order valence-corrected chi connectivity index (χ3v) is 6.80. The SMILES string of the molecule is C=C(C)C(=O)Nc1ccc(-c2c(-c3ccc(C(=O)NCC(F)(F)F)c(OC)c3)c3c(N)ncc(C#CC(C)(C)O)c3n2C)c(F)c1. The molecule has 240 valence electrons. The van der Waals surface area contributed by atoms with Crippen molar-refractivity contribution in [3.8, 4) is 40.0 Å². The van der Waals surface area contributed by atoms with Crippen LogP contribution in [0, 0.1) is 17.7 Å². The first-order valence-corrected chi connectivity index (χ1v) is 13.7. The number of anilines is 2. The summed E-state index contributed by atoms with van der Waals surface area (Å²) in [5, 5.41) is 15.0. The zero-order valence-electron chi connectivity index (χ0n) is 25.6.